The first-order chi connectivity index (χ1) is 6.29. The van der Waals surface area contributed by atoms with E-state index in [1.54, 1.807) is 17.5 Å². The van der Waals surface area contributed by atoms with Crippen molar-refractivity contribution in [3.05, 3.63) is 27.9 Å². The second-order valence-electron chi connectivity index (χ2n) is 2.51. The van der Waals surface area contributed by atoms with Crippen LogP contribution in [-0.4, -0.2) is 9.97 Å². The molecule has 2 aromatic heterocycles. The smallest absolute Gasteiger partial charge is 0.121 e. The Morgan fingerprint density at radius 2 is 2.46 bits per heavy atom. The number of alkyl halides is 1. The molecule has 2 aromatic rings. The maximum Gasteiger partial charge on any atom is 0.121 e. The van der Waals surface area contributed by atoms with Gasteiger partial charge in [0, 0.05) is 9.85 Å². The number of hydrogen-bond acceptors (Lipinski definition) is 2. The van der Waals surface area contributed by atoms with Crippen LogP contribution in [0.1, 0.15) is 5.82 Å². The number of aromatic amines is 1. The molecule has 0 spiro atoms. The molecule has 2 nitrogen and oxygen atoms in total. The lowest BCUT2D eigenvalue weighted by molar-refractivity contribution is 1.12. The number of hydrogen-bond donors (Lipinski definition) is 1. The molecular formula is C8H6BrClN2S. The van der Waals surface area contributed by atoms with Gasteiger partial charge in [0.25, 0.3) is 0 Å². The van der Waals surface area contributed by atoms with Gasteiger partial charge in [0.1, 0.15) is 5.82 Å². The van der Waals surface area contributed by atoms with Crippen LogP contribution in [0, 0.1) is 0 Å². The van der Waals surface area contributed by atoms with Crippen LogP contribution in [0.25, 0.3) is 10.6 Å². The number of halogens is 2. The topological polar surface area (TPSA) is 28.7 Å². The van der Waals surface area contributed by atoms with E-state index in [0.717, 1.165) is 20.9 Å². The first-order valence-electron chi connectivity index (χ1n) is 3.64. The largest absolute Gasteiger partial charge is 0.340 e. The van der Waals surface area contributed by atoms with E-state index in [9.17, 15) is 0 Å². The Kier molecular flexibility index (Phi) is 2.71. The second kappa shape index (κ2) is 3.82. The highest BCUT2D eigenvalue weighted by Crippen LogP contribution is 2.28. The van der Waals surface area contributed by atoms with Crippen LogP contribution in [0.15, 0.2) is 22.1 Å². The van der Waals surface area contributed by atoms with Crippen LogP contribution in [0.4, 0.5) is 0 Å². The van der Waals surface area contributed by atoms with E-state index in [1.165, 1.54) is 0 Å². The Hall–Kier alpha value is -0.320. The molecule has 2 heterocycles. The Morgan fingerprint density at radius 3 is 3.00 bits per heavy atom. The number of thiophene rings is 1. The minimum atomic E-state index is 0.423. The lowest BCUT2D eigenvalue weighted by Crippen LogP contribution is -1.78. The molecule has 2 rings (SSSR count). The number of nitrogens with one attached hydrogen (secondary N) is 1. The average molecular weight is 278 g/mol. The summed E-state index contributed by atoms with van der Waals surface area (Å²) in [6.45, 7) is 0. The minimum absolute atomic E-state index is 0.423. The summed E-state index contributed by atoms with van der Waals surface area (Å²) in [4.78, 5) is 8.43. The van der Waals surface area contributed by atoms with Gasteiger partial charge in [0.2, 0.25) is 0 Å². The predicted octanol–water partition coefficient (Wildman–Crippen LogP) is 3.64. The van der Waals surface area contributed by atoms with E-state index >= 15 is 0 Å². The minimum Gasteiger partial charge on any atom is -0.340 e. The van der Waals surface area contributed by atoms with E-state index < -0.39 is 0 Å². The van der Waals surface area contributed by atoms with E-state index in [0.29, 0.717) is 5.88 Å². The number of nitrogens with zero attached hydrogens (tertiary/aromatic N) is 1. The van der Waals surface area contributed by atoms with Crippen molar-refractivity contribution in [3.63, 3.8) is 0 Å². The fourth-order valence-corrected chi connectivity index (χ4v) is 2.54. The van der Waals surface area contributed by atoms with Crippen molar-refractivity contribution in [1.82, 2.24) is 9.97 Å². The third-order valence-electron chi connectivity index (χ3n) is 1.59. The monoisotopic (exact) mass is 276 g/mol. The maximum atomic E-state index is 5.63. The van der Waals surface area contributed by atoms with Gasteiger partial charge in [-0.15, -0.1) is 22.9 Å². The predicted molar refractivity (Wildman–Crippen MR) is 59.2 cm³/mol. The van der Waals surface area contributed by atoms with Crippen LogP contribution in [0.5, 0.6) is 0 Å². The van der Waals surface area contributed by atoms with E-state index in [2.05, 4.69) is 32.0 Å². The lowest BCUT2D eigenvalue weighted by Gasteiger charge is -1.88. The van der Waals surface area contributed by atoms with Crippen molar-refractivity contribution >= 4 is 38.9 Å². The molecule has 0 aliphatic heterocycles. The van der Waals surface area contributed by atoms with Crippen molar-refractivity contribution in [3.8, 4) is 10.6 Å². The van der Waals surface area contributed by atoms with Gasteiger partial charge in [0.05, 0.1) is 22.6 Å². The lowest BCUT2D eigenvalue weighted by atomic mass is 10.4. The maximum absolute atomic E-state index is 5.63. The highest BCUT2D eigenvalue weighted by atomic mass is 79.9. The summed E-state index contributed by atoms with van der Waals surface area (Å²) in [5.41, 5.74) is 1.02. The molecule has 13 heavy (non-hydrogen) atoms. The summed E-state index contributed by atoms with van der Waals surface area (Å²) >= 11 is 10.7. The molecule has 0 saturated carbocycles. The van der Waals surface area contributed by atoms with E-state index in [4.69, 9.17) is 11.6 Å². The summed E-state index contributed by atoms with van der Waals surface area (Å²) in [5, 5.41) is 2.04. The molecule has 0 amide bonds. The average Bonchev–Trinajstić information content (AvgIpc) is 2.71. The molecule has 68 valence electrons. The molecule has 0 radical (unpaired) electrons. The fraction of sp³-hybridized carbons (Fsp3) is 0.125. The van der Waals surface area contributed by atoms with Crippen molar-refractivity contribution in [1.29, 1.82) is 0 Å². The normalized spacial score (nSPS) is 10.6. The zero-order valence-electron chi connectivity index (χ0n) is 6.55. The van der Waals surface area contributed by atoms with Crippen molar-refractivity contribution < 1.29 is 0 Å². The summed E-state index contributed by atoms with van der Waals surface area (Å²) in [5.74, 6) is 1.23. The van der Waals surface area contributed by atoms with Crippen molar-refractivity contribution in [2.45, 2.75) is 5.88 Å². The van der Waals surface area contributed by atoms with Gasteiger partial charge in [-0.05, 0) is 22.0 Å². The summed E-state index contributed by atoms with van der Waals surface area (Å²) in [6, 6.07) is 2.05. The Bertz CT molecular complexity index is 410. The molecule has 0 aliphatic rings. The summed E-state index contributed by atoms with van der Waals surface area (Å²) in [6.07, 6.45) is 1.80. The third kappa shape index (κ3) is 1.95. The van der Waals surface area contributed by atoms with Gasteiger partial charge in [-0.2, -0.15) is 0 Å². The number of imidazole rings is 1. The zero-order valence-corrected chi connectivity index (χ0v) is 9.71. The molecule has 0 atom stereocenters. The van der Waals surface area contributed by atoms with Crippen molar-refractivity contribution in [2.24, 2.45) is 0 Å². The number of rotatable bonds is 2. The first kappa shape index (κ1) is 9.24. The van der Waals surface area contributed by atoms with Gasteiger partial charge in [0.15, 0.2) is 0 Å². The molecule has 0 unspecified atom stereocenters. The quantitative estimate of drug-likeness (QED) is 0.834. The van der Waals surface area contributed by atoms with Gasteiger partial charge in [-0.3, -0.25) is 0 Å². The molecule has 0 saturated heterocycles. The Morgan fingerprint density at radius 1 is 1.62 bits per heavy atom. The van der Waals surface area contributed by atoms with Crippen LogP contribution < -0.4 is 0 Å². The number of H-pyrrole nitrogens is 1. The summed E-state index contributed by atoms with van der Waals surface area (Å²) in [7, 11) is 0. The van der Waals surface area contributed by atoms with Crippen LogP contribution >= 0.6 is 38.9 Å². The van der Waals surface area contributed by atoms with Gasteiger partial charge in [-0.25, -0.2) is 4.98 Å². The highest BCUT2D eigenvalue weighted by Gasteiger charge is 2.04. The molecule has 0 aliphatic carbocycles. The Balaban J connectivity index is 2.35. The van der Waals surface area contributed by atoms with E-state index in [-0.39, 0.29) is 0 Å². The molecule has 1 N–H and O–H groups in total. The SMILES string of the molecule is ClCc1ncc(-c2cc(Br)cs2)[nH]1. The van der Waals surface area contributed by atoms with Crippen LogP contribution in [-0.2, 0) is 5.88 Å². The molecular weight excluding hydrogens is 272 g/mol. The second-order valence-corrected chi connectivity index (χ2v) is 4.60. The third-order valence-corrected chi connectivity index (χ3v) is 3.57. The Labute approximate surface area is 93.1 Å². The van der Waals surface area contributed by atoms with E-state index in [1.807, 2.05) is 5.38 Å². The van der Waals surface area contributed by atoms with Crippen molar-refractivity contribution in [2.75, 3.05) is 0 Å². The number of aromatic nitrogens is 2. The van der Waals surface area contributed by atoms with Gasteiger partial charge >= 0.3 is 0 Å². The molecule has 0 aromatic carbocycles. The molecule has 0 bridgehead atoms. The van der Waals surface area contributed by atoms with Crippen LogP contribution in [0.2, 0.25) is 0 Å². The fourth-order valence-electron chi connectivity index (χ4n) is 1.01. The van der Waals surface area contributed by atoms with Gasteiger partial charge < -0.3 is 4.98 Å². The molecule has 5 heteroatoms. The highest BCUT2D eigenvalue weighted by molar-refractivity contribution is 9.10. The standard InChI is InChI=1S/C8H6BrClN2S/c9-5-1-7(13-4-5)6-3-11-8(2-10)12-6/h1,3-4H,2H2,(H,11,12). The summed E-state index contributed by atoms with van der Waals surface area (Å²) < 4.78 is 1.09. The van der Waals surface area contributed by atoms with Crippen LogP contribution in [0.3, 0.4) is 0 Å². The molecule has 0 fully saturated rings. The van der Waals surface area contributed by atoms with Gasteiger partial charge in [-0.1, -0.05) is 0 Å². The first-order valence-corrected chi connectivity index (χ1v) is 5.84. The zero-order chi connectivity index (χ0) is 9.26.